The Bertz CT molecular complexity index is 455. The molecular formula is C18H27N3. The Morgan fingerprint density at radius 1 is 1.05 bits per heavy atom. The van der Waals surface area contributed by atoms with Gasteiger partial charge >= 0.3 is 0 Å². The van der Waals surface area contributed by atoms with Crippen LogP contribution in [0.3, 0.4) is 0 Å². The van der Waals surface area contributed by atoms with E-state index in [4.69, 9.17) is 0 Å². The van der Waals surface area contributed by atoms with Crippen LogP contribution in [0.1, 0.15) is 31.2 Å². The summed E-state index contributed by atoms with van der Waals surface area (Å²) >= 11 is 0. The number of hydrogen-bond acceptors (Lipinski definition) is 3. The van der Waals surface area contributed by atoms with Crippen LogP contribution in [-0.2, 0) is 6.54 Å². The molecule has 0 amide bonds. The Hall–Kier alpha value is -0.900. The zero-order chi connectivity index (χ0) is 14.1. The molecule has 0 unspecified atom stereocenters. The van der Waals surface area contributed by atoms with Crippen LogP contribution in [0.4, 0.5) is 0 Å². The Morgan fingerprint density at radius 2 is 1.86 bits per heavy atom. The van der Waals surface area contributed by atoms with Gasteiger partial charge in [-0.2, -0.15) is 0 Å². The molecule has 1 aromatic carbocycles. The molecule has 1 N–H and O–H groups in total. The van der Waals surface area contributed by atoms with Gasteiger partial charge in [0.1, 0.15) is 0 Å². The molecule has 0 aliphatic carbocycles. The molecule has 1 aromatic rings. The van der Waals surface area contributed by atoms with E-state index in [1.807, 2.05) is 0 Å². The van der Waals surface area contributed by atoms with Gasteiger partial charge in [0.2, 0.25) is 0 Å². The van der Waals surface area contributed by atoms with E-state index in [-0.39, 0.29) is 0 Å². The maximum absolute atomic E-state index is 3.84. The maximum atomic E-state index is 3.84. The highest BCUT2D eigenvalue weighted by Gasteiger charge is 2.39. The fourth-order valence-electron chi connectivity index (χ4n) is 4.51. The van der Waals surface area contributed by atoms with Crippen molar-refractivity contribution in [1.82, 2.24) is 15.1 Å². The Labute approximate surface area is 128 Å². The van der Waals surface area contributed by atoms with Crippen molar-refractivity contribution in [3.05, 3.63) is 35.9 Å². The number of fused-ring (bicyclic) bond motifs is 4. The first kappa shape index (κ1) is 13.7. The molecule has 3 nitrogen and oxygen atoms in total. The van der Waals surface area contributed by atoms with Crippen LogP contribution >= 0.6 is 0 Å². The molecule has 0 spiro atoms. The Morgan fingerprint density at radius 3 is 2.67 bits per heavy atom. The van der Waals surface area contributed by atoms with Crippen molar-refractivity contribution in [3.8, 4) is 0 Å². The summed E-state index contributed by atoms with van der Waals surface area (Å²) in [6.07, 6.45) is 5.55. The third kappa shape index (κ3) is 2.87. The van der Waals surface area contributed by atoms with Gasteiger partial charge < -0.3 is 5.32 Å². The number of hydrogen-bond donors (Lipinski definition) is 1. The van der Waals surface area contributed by atoms with Gasteiger partial charge in [0.15, 0.2) is 0 Å². The van der Waals surface area contributed by atoms with Crippen LogP contribution in [0.5, 0.6) is 0 Å². The lowest BCUT2D eigenvalue weighted by Crippen LogP contribution is -2.59. The van der Waals surface area contributed by atoms with Gasteiger partial charge in [-0.15, -0.1) is 0 Å². The van der Waals surface area contributed by atoms with Crippen LogP contribution in [0.15, 0.2) is 30.3 Å². The van der Waals surface area contributed by atoms with Crippen LogP contribution in [0.2, 0.25) is 0 Å². The molecule has 0 radical (unpaired) electrons. The summed E-state index contributed by atoms with van der Waals surface area (Å²) in [5.74, 6) is 0. The van der Waals surface area contributed by atoms with Crippen molar-refractivity contribution in [2.75, 3.05) is 26.2 Å². The number of nitrogens with zero attached hydrogens (tertiary/aromatic N) is 2. The number of rotatable bonds is 3. The SMILES string of the molecule is c1ccc(CN2C[C@@H]3NC[C@H]2CC[C@H]3N2CCCC2)cc1. The molecule has 3 heteroatoms. The molecule has 4 fully saturated rings. The zero-order valence-electron chi connectivity index (χ0n) is 12.9. The molecule has 0 aromatic heterocycles. The number of benzene rings is 1. The molecule has 4 aliphatic rings. The third-order valence-electron chi connectivity index (χ3n) is 5.66. The van der Waals surface area contributed by atoms with Gasteiger partial charge in [0, 0.05) is 37.8 Å². The average molecular weight is 285 g/mol. The lowest BCUT2D eigenvalue weighted by Gasteiger charge is -2.40. The molecule has 4 aliphatic heterocycles. The van der Waals surface area contributed by atoms with Crippen LogP contribution in [0.25, 0.3) is 0 Å². The second-order valence-electron chi connectivity index (χ2n) is 6.97. The van der Waals surface area contributed by atoms with Gasteiger partial charge in [0.05, 0.1) is 0 Å². The smallest absolute Gasteiger partial charge is 0.0352 e. The van der Waals surface area contributed by atoms with Crippen LogP contribution in [-0.4, -0.2) is 54.1 Å². The highest BCUT2D eigenvalue weighted by Crippen LogP contribution is 2.28. The summed E-state index contributed by atoms with van der Waals surface area (Å²) in [5.41, 5.74) is 1.46. The second-order valence-corrected chi connectivity index (χ2v) is 6.97. The lowest BCUT2D eigenvalue weighted by atomic mass is 10.0. The first-order chi connectivity index (χ1) is 10.4. The average Bonchev–Trinajstić information content (AvgIpc) is 2.91. The summed E-state index contributed by atoms with van der Waals surface area (Å²) in [6, 6.07) is 13.2. The van der Waals surface area contributed by atoms with E-state index >= 15 is 0 Å². The molecule has 0 saturated carbocycles. The Kier molecular flexibility index (Phi) is 3.97. The first-order valence-electron chi connectivity index (χ1n) is 8.65. The van der Waals surface area contributed by atoms with E-state index in [9.17, 15) is 0 Å². The minimum Gasteiger partial charge on any atom is -0.310 e. The summed E-state index contributed by atoms with van der Waals surface area (Å²) in [4.78, 5) is 5.48. The van der Waals surface area contributed by atoms with Gasteiger partial charge in [-0.05, 0) is 44.3 Å². The van der Waals surface area contributed by atoms with E-state index in [1.165, 1.54) is 57.4 Å². The number of likely N-dealkylation sites (tertiary alicyclic amines) is 1. The molecule has 5 rings (SSSR count). The minimum atomic E-state index is 0.672. The van der Waals surface area contributed by atoms with Gasteiger partial charge in [-0.25, -0.2) is 0 Å². The minimum absolute atomic E-state index is 0.672. The van der Waals surface area contributed by atoms with Crippen molar-refractivity contribution >= 4 is 0 Å². The second kappa shape index (κ2) is 6.07. The number of nitrogens with one attached hydrogen (secondary N) is 1. The van der Waals surface area contributed by atoms with E-state index < -0.39 is 0 Å². The normalized spacial score (nSPS) is 34.2. The van der Waals surface area contributed by atoms with Crippen molar-refractivity contribution in [2.24, 2.45) is 0 Å². The van der Waals surface area contributed by atoms with E-state index in [2.05, 4.69) is 45.4 Å². The van der Waals surface area contributed by atoms with E-state index in [1.54, 1.807) is 0 Å². The highest BCUT2D eigenvalue weighted by molar-refractivity contribution is 5.15. The fraction of sp³-hybridized carbons (Fsp3) is 0.667. The monoisotopic (exact) mass is 285 g/mol. The van der Waals surface area contributed by atoms with E-state index in [0.29, 0.717) is 6.04 Å². The van der Waals surface area contributed by atoms with Crippen molar-refractivity contribution in [1.29, 1.82) is 0 Å². The summed E-state index contributed by atoms with van der Waals surface area (Å²) in [5, 5.41) is 3.84. The molecule has 21 heavy (non-hydrogen) atoms. The predicted octanol–water partition coefficient (Wildman–Crippen LogP) is 2.09. The van der Waals surface area contributed by atoms with E-state index in [0.717, 1.165) is 18.6 Å². The molecule has 4 heterocycles. The third-order valence-corrected chi connectivity index (χ3v) is 5.66. The molecule has 4 saturated heterocycles. The lowest BCUT2D eigenvalue weighted by molar-refractivity contribution is 0.112. The fourth-order valence-corrected chi connectivity index (χ4v) is 4.51. The van der Waals surface area contributed by atoms with Crippen molar-refractivity contribution in [2.45, 2.75) is 50.4 Å². The summed E-state index contributed by atoms with van der Waals surface area (Å²) in [6.45, 7) is 6.18. The largest absolute Gasteiger partial charge is 0.310 e. The van der Waals surface area contributed by atoms with Crippen LogP contribution < -0.4 is 5.32 Å². The standard InChI is InChI=1S/C18H27N3/c1-2-6-15(7-3-1)13-21-14-17-18(20-10-4-5-11-20)9-8-16(21)12-19-17/h1-3,6-7,16-19H,4-5,8-14H2/t16-,17+,18-/m1/s1. The van der Waals surface area contributed by atoms with Gasteiger partial charge in [0.25, 0.3) is 0 Å². The van der Waals surface area contributed by atoms with Gasteiger partial charge in [-0.3, -0.25) is 9.80 Å². The quantitative estimate of drug-likeness (QED) is 0.917. The Balaban J connectivity index is 1.46. The topological polar surface area (TPSA) is 18.5 Å². The molecular weight excluding hydrogens is 258 g/mol. The molecule has 2 bridgehead atoms. The molecule has 114 valence electrons. The highest BCUT2D eigenvalue weighted by atomic mass is 15.3. The van der Waals surface area contributed by atoms with Gasteiger partial charge in [-0.1, -0.05) is 30.3 Å². The molecule has 3 atom stereocenters. The maximum Gasteiger partial charge on any atom is 0.0352 e. The zero-order valence-corrected chi connectivity index (χ0v) is 12.9. The summed E-state index contributed by atoms with van der Waals surface area (Å²) < 4.78 is 0. The van der Waals surface area contributed by atoms with Crippen molar-refractivity contribution in [3.63, 3.8) is 0 Å². The van der Waals surface area contributed by atoms with Crippen LogP contribution in [0, 0.1) is 0 Å². The number of piperazine rings is 1. The first-order valence-corrected chi connectivity index (χ1v) is 8.65. The van der Waals surface area contributed by atoms with Crippen molar-refractivity contribution < 1.29 is 0 Å². The summed E-state index contributed by atoms with van der Waals surface area (Å²) in [7, 11) is 0. The predicted molar refractivity (Wildman–Crippen MR) is 86.3 cm³/mol.